The van der Waals surface area contributed by atoms with Crippen molar-refractivity contribution in [1.82, 2.24) is 9.29 Å². The normalized spacial score (nSPS) is 15.4. The van der Waals surface area contributed by atoms with Crippen molar-refractivity contribution < 1.29 is 13.2 Å². The Bertz CT molecular complexity index is 1170. The Kier molecular flexibility index (Phi) is 5.83. The minimum atomic E-state index is -3.62. The lowest BCUT2D eigenvalue weighted by atomic mass is 9.96. The van der Waals surface area contributed by atoms with Crippen LogP contribution in [-0.2, 0) is 10.0 Å². The van der Waals surface area contributed by atoms with Crippen LogP contribution in [0.5, 0.6) is 0 Å². The zero-order valence-corrected chi connectivity index (χ0v) is 17.7. The first-order chi connectivity index (χ1) is 14.4. The third-order valence-corrected chi connectivity index (χ3v) is 7.63. The maximum atomic E-state index is 13.1. The first-order valence-electron chi connectivity index (χ1n) is 10.2. The smallest absolute Gasteiger partial charge is 0.255 e. The zero-order valence-electron chi connectivity index (χ0n) is 16.9. The molecule has 1 N–H and O–H groups in total. The largest absolute Gasteiger partial charge is 0.322 e. The minimum absolute atomic E-state index is 0.0343. The van der Waals surface area contributed by atoms with Crippen LogP contribution in [0.1, 0.15) is 42.5 Å². The van der Waals surface area contributed by atoms with Gasteiger partial charge in [0.25, 0.3) is 5.91 Å². The van der Waals surface area contributed by atoms with Crippen LogP contribution in [0.25, 0.3) is 10.9 Å². The number of hydrogen-bond acceptors (Lipinski definition) is 4. The first kappa shape index (κ1) is 20.5. The molecule has 0 unspecified atom stereocenters. The van der Waals surface area contributed by atoms with Gasteiger partial charge in [-0.2, -0.15) is 4.31 Å². The number of fused-ring (bicyclic) bond motifs is 1. The molecule has 1 aliphatic rings. The highest BCUT2D eigenvalue weighted by atomic mass is 32.2. The number of carbonyl (C=O) groups is 1. The molecule has 0 spiro atoms. The van der Waals surface area contributed by atoms with Crippen molar-refractivity contribution in [3.63, 3.8) is 0 Å². The van der Waals surface area contributed by atoms with Crippen molar-refractivity contribution in [2.24, 2.45) is 0 Å². The Balaban J connectivity index is 1.54. The number of rotatable bonds is 5. The monoisotopic (exact) mass is 423 g/mol. The highest BCUT2D eigenvalue weighted by Gasteiger charge is 2.29. The fourth-order valence-electron chi connectivity index (χ4n) is 3.95. The summed E-state index contributed by atoms with van der Waals surface area (Å²) in [6.45, 7) is 0. The summed E-state index contributed by atoms with van der Waals surface area (Å²) in [5.74, 6) is -0.308. The van der Waals surface area contributed by atoms with Gasteiger partial charge in [0.05, 0.1) is 10.4 Å². The van der Waals surface area contributed by atoms with Crippen molar-refractivity contribution in [1.29, 1.82) is 0 Å². The summed E-state index contributed by atoms with van der Waals surface area (Å²) in [6.07, 6.45) is 6.74. The van der Waals surface area contributed by atoms with Crippen molar-refractivity contribution >= 4 is 32.5 Å². The molecule has 3 aromatic rings. The van der Waals surface area contributed by atoms with Crippen LogP contribution >= 0.6 is 0 Å². The summed E-state index contributed by atoms with van der Waals surface area (Å²) < 4.78 is 27.7. The van der Waals surface area contributed by atoms with Gasteiger partial charge in [-0.15, -0.1) is 0 Å². The summed E-state index contributed by atoms with van der Waals surface area (Å²) in [4.78, 5) is 17.2. The van der Waals surface area contributed by atoms with E-state index in [4.69, 9.17) is 0 Å². The van der Waals surface area contributed by atoms with Crippen molar-refractivity contribution in [3.8, 4) is 0 Å². The van der Waals surface area contributed by atoms with Gasteiger partial charge in [0.2, 0.25) is 10.0 Å². The second kappa shape index (κ2) is 8.53. The van der Waals surface area contributed by atoms with E-state index in [0.29, 0.717) is 11.3 Å². The van der Waals surface area contributed by atoms with Gasteiger partial charge in [-0.3, -0.25) is 9.78 Å². The van der Waals surface area contributed by atoms with Gasteiger partial charge in [-0.05, 0) is 49.2 Å². The summed E-state index contributed by atoms with van der Waals surface area (Å²) in [6, 6.07) is 15.6. The maximum absolute atomic E-state index is 13.1. The van der Waals surface area contributed by atoms with Crippen LogP contribution in [0, 0.1) is 0 Å². The van der Waals surface area contributed by atoms with Crippen LogP contribution in [0.4, 0.5) is 5.69 Å². The predicted octanol–water partition coefficient (Wildman–Crippen LogP) is 4.44. The molecule has 6 nitrogen and oxygen atoms in total. The highest BCUT2D eigenvalue weighted by molar-refractivity contribution is 7.89. The van der Waals surface area contributed by atoms with E-state index in [1.54, 1.807) is 43.6 Å². The Labute approximate surface area is 177 Å². The SMILES string of the molecule is CN(C1CCCCC1)S(=O)(=O)c1cccc(NC(=O)c2ccc3cccnc3c2)c1. The van der Waals surface area contributed by atoms with Gasteiger partial charge in [0.15, 0.2) is 0 Å². The lowest BCUT2D eigenvalue weighted by Crippen LogP contribution is -2.38. The molecular formula is C23H25N3O3S. The van der Waals surface area contributed by atoms with E-state index in [2.05, 4.69) is 10.3 Å². The average molecular weight is 424 g/mol. The zero-order chi connectivity index (χ0) is 21.1. The molecule has 1 aliphatic carbocycles. The molecule has 1 aromatic heterocycles. The molecule has 1 fully saturated rings. The lowest BCUT2D eigenvalue weighted by molar-refractivity contribution is 0.102. The number of aromatic nitrogens is 1. The van der Waals surface area contributed by atoms with Gasteiger partial charge < -0.3 is 5.32 Å². The number of nitrogens with one attached hydrogen (secondary N) is 1. The number of nitrogens with zero attached hydrogens (tertiary/aromatic N) is 2. The molecule has 156 valence electrons. The molecule has 1 amide bonds. The number of hydrogen-bond donors (Lipinski definition) is 1. The van der Waals surface area contributed by atoms with Gasteiger partial charge in [-0.1, -0.05) is 37.5 Å². The van der Waals surface area contributed by atoms with Gasteiger partial charge in [-0.25, -0.2) is 8.42 Å². The Morgan fingerprint density at radius 1 is 1.03 bits per heavy atom. The fourth-order valence-corrected chi connectivity index (χ4v) is 5.41. The number of carbonyl (C=O) groups excluding carboxylic acids is 1. The second-order valence-corrected chi connectivity index (χ2v) is 9.70. The summed E-state index contributed by atoms with van der Waals surface area (Å²) in [5, 5.41) is 3.76. The maximum Gasteiger partial charge on any atom is 0.255 e. The Hall–Kier alpha value is -2.77. The van der Waals surface area contributed by atoms with E-state index in [1.807, 2.05) is 18.2 Å². The van der Waals surface area contributed by atoms with Crippen molar-refractivity contribution in [2.75, 3.05) is 12.4 Å². The highest BCUT2D eigenvalue weighted by Crippen LogP contribution is 2.27. The van der Waals surface area contributed by atoms with Crippen molar-refractivity contribution in [2.45, 2.75) is 43.0 Å². The van der Waals surface area contributed by atoms with E-state index >= 15 is 0 Å². The molecule has 1 saturated carbocycles. The molecule has 0 aliphatic heterocycles. The third kappa shape index (κ3) is 4.22. The van der Waals surface area contributed by atoms with Crippen LogP contribution in [0.15, 0.2) is 65.7 Å². The third-order valence-electron chi connectivity index (χ3n) is 5.73. The number of amides is 1. The first-order valence-corrected chi connectivity index (χ1v) is 11.6. The second-order valence-electron chi connectivity index (χ2n) is 7.71. The minimum Gasteiger partial charge on any atom is -0.322 e. The van der Waals surface area contributed by atoms with Crippen LogP contribution in [-0.4, -0.2) is 36.7 Å². The van der Waals surface area contributed by atoms with Gasteiger partial charge in [0, 0.05) is 35.9 Å². The molecule has 30 heavy (non-hydrogen) atoms. The summed E-state index contributed by atoms with van der Waals surface area (Å²) in [7, 11) is -1.97. The van der Waals surface area contributed by atoms with Crippen LogP contribution in [0.2, 0.25) is 0 Å². The molecule has 0 atom stereocenters. The van der Waals surface area contributed by atoms with Crippen molar-refractivity contribution in [3.05, 3.63) is 66.4 Å². The van der Waals surface area contributed by atoms with E-state index in [1.165, 1.54) is 10.4 Å². The predicted molar refractivity (Wildman–Crippen MR) is 118 cm³/mol. The van der Waals surface area contributed by atoms with E-state index in [-0.39, 0.29) is 16.8 Å². The molecule has 7 heteroatoms. The topological polar surface area (TPSA) is 79.4 Å². The van der Waals surface area contributed by atoms with Gasteiger partial charge in [0.1, 0.15) is 0 Å². The van der Waals surface area contributed by atoms with Gasteiger partial charge >= 0.3 is 0 Å². The molecule has 2 aromatic carbocycles. The van der Waals surface area contributed by atoms with Crippen LogP contribution in [0.3, 0.4) is 0 Å². The molecule has 4 rings (SSSR count). The summed E-state index contributed by atoms with van der Waals surface area (Å²) in [5.41, 5.74) is 1.64. The quantitative estimate of drug-likeness (QED) is 0.658. The number of sulfonamides is 1. The summed E-state index contributed by atoms with van der Waals surface area (Å²) >= 11 is 0. The molecule has 0 saturated heterocycles. The number of anilines is 1. The van der Waals surface area contributed by atoms with E-state index < -0.39 is 10.0 Å². The average Bonchev–Trinajstić information content (AvgIpc) is 2.79. The molecule has 0 radical (unpaired) electrons. The Morgan fingerprint density at radius 3 is 2.63 bits per heavy atom. The number of pyridine rings is 1. The standard InChI is InChI=1S/C23H25N3O3S/c1-26(20-9-3-2-4-10-20)30(28,29)21-11-5-8-19(16-21)25-23(27)18-13-12-17-7-6-14-24-22(17)15-18/h5-8,11-16,20H,2-4,9-10H2,1H3,(H,25,27). The van der Waals surface area contributed by atoms with E-state index in [9.17, 15) is 13.2 Å². The fraction of sp³-hybridized carbons (Fsp3) is 0.304. The lowest BCUT2D eigenvalue weighted by Gasteiger charge is -2.30. The number of benzene rings is 2. The molecular weight excluding hydrogens is 398 g/mol. The van der Waals surface area contributed by atoms with Crippen LogP contribution < -0.4 is 5.32 Å². The molecule has 1 heterocycles. The Morgan fingerprint density at radius 2 is 1.83 bits per heavy atom. The van der Waals surface area contributed by atoms with E-state index in [0.717, 1.165) is 43.0 Å². The molecule has 0 bridgehead atoms.